The summed E-state index contributed by atoms with van der Waals surface area (Å²) in [6.45, 7) is 5.16. The Morgan fingerprint density at radius 3 is 2.81 bits per heavy atom. The van der Waals surface area contributed by atoms with Crippen LogP contribution in [0.25, 0.3) is 0 Å². The van der Waals surface area contributed by atoms with Crippen molar-refractivity contribution < 1.29 is 4.74 Å². The third-order valence-corrected chi connectivity index (χ3v) is 6.15. The van der Waals surface area contributed by atoms with Crippen LogP contribution in [0.2, 0.25) is 0 Å². The van der Waals surface area contributed by atoms with Crippen LogP contribution in [-0.2, 0) is 4.74 Å². The van der Waals surface area contributed by atoms with Gasteiger partial charge in [-0.1, -0.05) is 6.42 Å². The van der Waals surface area contributed by atoms with Gasteiger partial charge in [0.15, 0.2) is 0 Å². The van der Waals surface area contributed by atoms with E-state index in [-0.39, 0.29) is 6.29 Å². The van der Waals surface area contributed by atoms with Crippen LogP contribution in [0.5, 0.6) is 0 Å². The molecule has 21 heavy (non-hydrogen) atoms. The van der Waals surface area contributed by atoms with Gasteiger partial charge in [-0.05, 0) is 25.0 Å². The number of fused-ring (bicyclic) bond motifs is 2. The van der Waals surface area contributed by atoms with Gasteiger partial charge in [0.05, 0.1) is 13.2 Å². The molecular formula is C14H27N5OS. The fourth-order valence-corrected chi connectivity index (χ4v) is 4.89. The third kappa shape index (κ3) is 2.85. The highest BCUT2D eigenvalue weighted by Crippen LogP contribution is 2.33. The predicted octanol–water partition coefficient (Wildman–Crippen LogP) is -0.201. The summed E-state index contributed by atoms with van der Waals surface area (Å²) in [7, 11) is 0. The molecule has 4 fully saturated rings. The minimum absolute atomic E-state index is 0.283. The summed E-state index contributed by atoms with van der Waals surface area (Å²) >= 11 is 1.83. The lowest BCUT2D eigenvalue weighted by Gasteiger charge is -2.50. The van der Waals surface area contributed by atoms with Gasteiger partial charge < -0.3 is 4.74 Å². The number of morpholine rings is 1. The fourth-order valence-electron chi connectivity index (χ4n) is 4.38. The molecule has 4 aliphatic rings. The first-order chi connectivity index (χ1) is 10.3. The maximum atomic E-state index is 5.53. The minimum Gasteiger partial charge on any atom is -0.379 e. The van der Waals surface area contributed by atoms with E-state index >= 15 is 0 Å². The van der Waals surface area contributed by atoms with Gasteiger partial charge in [-0.15, -0.1) is 11.8 Å². The van der Waals surface area contributed by atoms with E-state index in [9.17, 15) is 0 Å². The molecule has 3 saturated heterocycles. The monoisotopic (exact) mass is 313 g/mol. The van der Waals surface area contributed by atoms with Crippen molar-refractivity contribution in [1.82, 2.24) is 26.0 Å². The number of hydrazine groups is 1. The fraction of sp³-hybridized carbons (Fsp3) is 1.00. The van der Waals surface area contributed by atoms with Crippen molar-refractivity contribution >= 4 is 11.8 Å². The van der Waals surface area contributed by atoms with Gasteiger partial charge in [0.1, 0.15) is 11.8 Å². The zero-order valence-electron chi connectivity index (χ0n) is 12.8. The van der Waals surface area contributed by atoms with Gasteiger partial charge in [-0.25, -0.2) is 10.4 Å². The number of hydrogen-bond donors (Lipinski definition) is 3. The van der Waals surface area contributed by atoms with Crippen molar-refractivity contribution in [2.75, 3.05) is 39.1 Å². The number of thioether (sulfide) groups is 1. The standard InChI is InChI=1S/C14H27N5OS/c1-21-14-16-13-15-12-10(9-19(13)17-14)3-2-4-11(12)18-5-7-20-8-6-18/h10-17H,2-9H2,1H3. The normalized spacial score (nSPS) is 45.3. The number of nitrogens with one attached hydrogen (secondary N) is 3. The van der Waals surface area contributed by atoms with E-state index in [0.717, 1.165) is 38.8 Å². The van der Waals surface area contributed by atoms with Gasteiger partial charge in [-0.3, -0.25) is 15.5 Å². The molecule has 0 spiro atoms. The molecule has 5 atom stereocenters. The topological polar surface area (TPSA) is 51.8 Å². The molecule has 7 heteroatoms. The van der Waals surface area contributed by atoms with Gasteiger partial charge in [-0.2, -0.15) is 0 Å². The maximum Gasteiger partial charge on any atom is 0.129 e. The Kier molecular flexibility index (Phi) is 4.41. The van der Waals surface area contributed by atoms with Crippen molar-refractivity contribution in [2.24, 2.45) is 5.92 Å². The number of hydrogen-bond acceptors (Lipinski definition) is 7. The second-order valence-electron chi connectivity index (χ2n) is 6.57. The predicted molar refractivity (Wildman–Crippen MR) is 84.5 cm³/mol. The molecular weight excluding hydrogens is 286 g/mol. The van der Waals surface area contributed by atoms with Crippen molar-refractivity contribution in [3.8, 4) is 0 Å². The Morgan fingerprint density at radius 2 is 2.00 bits per heavy atom. The second-order valence-corrected chi connectivity index (χ2v) is 7.51. The van der Waals surface area contributed by atoms with Crippen molar-refractivity contribution in [1.29, 1.82) is 0 Å². The molecule has 0 aromatic carbocycles. The summed E-state index contributed by atoms with van der Waals surface area (Å²) in [5, 5.41) is 9.87. The summed E-state index contributed by atoms with van der Waals surface area (Å²) in [5.74, 6) is 0.762. The Bertz CT molecular complexity index is 367. The Morgan fingerprint density at radius 1 is 1.14 bits per heavy atom. The number of ether oxygens (including phenoxy) is 1. The maximum absolute atomic E-state index is 5.53. The molecule has 0 bridgehead atoms. The first-order valence-electron chi connectivity index (χ1n) is 8.24. The van der Waals surface area contributed by atoms with Crippen LogP contribution >= 0.6 is 11.8 Å². The quantitative estimate of drug-likeness (QED) is 0.653. The van der Waals surface area contributed by atoms with E-state index in [1.807, 2.05) is 11.8 Å². The summed E-state index contributed by atoms with van der Waals surface area (Å²) < 4.78 is 5.53. The molecule has 5 unspecified atom stereocenters. The lowest BCUT2D eigenvalue weighted by Crippen LogP contribution is -2.69. The van der Waals surface area contributed by atoms with Crippen LogP contribution in [0.4, 0.5) is 0 Å². The van der Waals surface area contributed by atoms with Crippen LogP contribution in [0.15, 0.2) is 0 Å². The van der Waals surface area contributed by atoms with E-state index in [2.05, 4.69) is 32.2 Å². The highest BCUT2D eigenvalue weighted by Gasteiger charge is 2.45. The van der Waals surface area contributed by atoms with Crippen molar-refractivity contribution in [2.45, 2.75) is 43.1 Å². The van der Waals surface area contributed by atoms with Gasteiger partial charge in [0, 0.05) is 31.7 Å². The lowest BCUT2D eigenvalue weighted by molar-refractivity contribution is -0.0419. The van der Waals surface area contributed by atoms with E-state index in [0.29, 0.717) is 17.6 Å². The number of nitrogens with zero attached hydrogens (tertiary/aromatic N) is 2. The summed E-state index contributed by atoms with van der Waals surface area (Å²) in [6.07, 6.45) is 6.48. The van der Waals surface area contributed by atoms with Crippen LogP contribution in [-0.4, -0.2) is 72.9 Å². The highest BCUT2D eigenvalue weighted by atomic mass is 32.2. The van der Waals surface area contributed by atoms with Crippen LogP contribution < -0.4 is 16.1 Å². The van der Waals surface area contributed by atoms with E-state index in [1.54, 1.807) is 0 Å². The lowest BCUT2D eigenvalue weighted by atomic mass is 9.78. The first kappa shape index (κ1) is 14.7. The van der Waals surface area contributed by atoms with Gasteiger partial charge in [0.25, 0.3) is 0 Å². The zero-order valence-corrected chi connectivity index (χ0v) is 13.6. The molecule has 1 aliphatic carbocycles. The molecule has 3 N–H and O–H groups in total. The second kappa shape index (κ2) is 6.31. The van der Waals surface area contributed by atoms with Crippen molar-refractivity contribution in [3.63, 3.8) is 0 Å². The molecule has 0 aromatic heterocycles. The Labute approximate surface area is 131 Å². The third-order valence-electron chi connectivity index (χ3n) is 5.43. The average molecular weight is 313 g/mol. The molecule has 4 rings (SSSR count). The van der Waals surface area contributed by atoms with Crippen molar-refractivity contribution in [3.05, 3.63) is 0 Å². The molecule has 0 amide bonds. The molecule has 0 radical (unpaired) electrons. The molecule has 3 heterocycles. The summed E-state index contributed by atoms with van der Waals surface area (Å²) in [4.78, 5) is 2.66. The molecule has 1 saturated carbocycles. The van der Waals surface area contributed by atoms with E-state index < -0.39 is 0 Å². The molecule has 120 valence electrons. The smallest absolute Gasteiger partial charge is 0.129 e. The largest absolute Gasteiger partial charge is 0.379 e. The highest BCUT2D eigenvalue weighted by molar-refractivity contribution is 7.99. The molecule has 3 aliphatic heterocycles. The van der Waals surface area contributed by atoms with Crippen LogP contribution in [0, 0.1) is 5.92 Å². The summed E-state index contributed by atoms with van der Waals surface area (Å²) in [5.41, 5.74) is 3.90. The van der Waals surface area contributed by atoms with Gasteiger partial charge in [0.2, 0.25) is 0 Å². The summed E-state index contributed by atoms with van der Waals surface area (Å²) in [6, 6.07) is 1.30. The van der Waals surface area contributed by atoms with Gasteiger partial charge >= 0.3 is 0 Å². The molecule has 0 aromatic rings. The first-order valence-corrected chi connectivity index (χ1v) is 9.53. The zero-order chi connectivity index (χ0) is 14.2. The SMILES string of the molecule is CSC1NC2NC3C(CCCC3N3CCOCC3)CN2N1. The minimum atomic E-state index is 0.283. The number of rotatable bonds is 2. The van der Waals surface area contributed by atoms with Crippen LogP contribution in [0.1, 0.15) is 19.3 Å². The molecule has 6 nitrogen and oxygen atoms in total. The van der Waals surface area contributed by atoms with E-state index in [1.165, 1.54) is 19.3 Å². The Balaban J connectivity index is 1.46. The average Bonchev–Trinajstić information content (AvgIpc) is 2.95. The van der Waals surface area contributed by atoms with Crippen LogP contribution in [0.3, 0.4) is 0 Å². The van der Waals surface area contributed by atoms with E-state index in [4.69, 9.17) is 4.74 Å². The Hall–Kier alpha value is 0.110.